The Morgan fingerprint density at radius 1 is 1.25 bits per heavy atom. The Kier molecular flexibility index (Phi) is 6.54. The van der Waals surface area contributed by atoms with Crippen molar-refractivity contribution in [2.75, 3.05) is 5.75 Å². The van der Waals surface area contributed by atoms with E-state index in [2.05, 4.69) is 37.0 Å². The van der Waals surface area contributed by atoms with Crippen LogP contribution in [0.1, 0.15) is 51.1 Å². The highest BCUT2D eigenvalue weighted by Gasteiger charge is 2.28. The first-order chi connectivity index (χ1) is 9.65. The summed E-state index contributed by atoms with van der Waals surface area (Å²) in [5, 5.41) is 5.88. The molecule has 2 rings (SSSR count). The molecule has 0 aromatic heterocycles. The average Bonchev–Trinajstić information content (AvgIpc) is 2.87. The highest BCUT2D eigenvalue weighted by Crippen LogP contribution is 2.33. The molecule has 1 aromatic rings. The van der Waals surface area contributed by atoms with Gasteiger partial charge >= 0.3 is 0 Å². The number of hydrogen-bond donors (Lipinski definition) is 1. The van der Waals surface area contributed by atoms with Crippen LogP contribution in [0.4, 0.5) is 0 Å². The molecule has 4 heteroatoms. The van der Waals surface area contributed by atoms with Crippen molar-refractivity contribution in [2.24, 2.45) is 0 Å². The molecule has 1 fully saturated rings. The van der Waals surface area contributed by atoms with Gasteiger partial charge < -0.3 is 5.32 Å². The highest BCUT2D eigenvalue weighted by atomic mass is 35.5. The molecule has 112 valence electrons. The van der Waals surface area contributed by atoms with E-state index in [-0.39, 0.29) is 0 Å². The van der Waals surface area contributed by atoms with Crippen molar-refractivity contribution in [3.63, 3.8) is 0 Å². The SMILES string of the molecule is CCSC1CCCC1NC(CC)c1ccc(Cl)c(Cl)c1. The van der Waals surface area contributed by atoms with Gasteiger partial charge in [0.25, 0.3) is 0 Å². The molecule has 1 aromatic carbocycles. The molecular weight excluding hydrogens is 309 g/mol. The van der Waals surface area contributed by atoms with Crippen molar-refractivity contribution in [2.45, 2.75) is 56.9 Å². The minimum Gasteiger partial charge on any atom is -0.306 e. The van der Waals surface area contributed by atoms with Crippen LogP contribution in [-0.4, -0.2) is 17.0 Å². The van der Waals surface area contributed by atoms with Crippen molar-refractivity contribution in [3.8, 4) is 0 Å². The summed E-state index contributed by atoms with van der Waals surface area (Å²) in [6, 6.07) is 6.98. The second-order valence-corrected chi connectivity index (χ2v) is 7.66. The molecule has 20 heavy (non-hydrogen) atoms. The van der Waals surface area contributed by atoms with Crippen molar-refractivity contribution >= 4 is 35.0 Å². The molecule has 0 aliphatic heterocycles. The number of hydrogen-bond acceptors (Lipinski definition) is 2. The Balaban J connectivity index is 2.06. The van der Waals surface area contributed by atoms with Gasteiger partial charge in [0.15, 0.2) is 0 Å². The molecule has 1 N–H and O–H groups in total. The van der Waals surface area contributed by atoms with Crippen molar-refractivity contribution < 1.29 is 0 Å². The molecule has 0 amide bonds. The first-order valence-electron chi connectivity index (χ1n) is 7.48. The van der Waals surface area contributed by atoms with E-state index in [1.807, 2.05) is 12.1 Å². The summed E-state index contributed by atoms with van der Waals surface area (Å²) in [4.78, 5) is 0. The third-order valence-electron chi connectivity index (χ3n) is 4.00. The third kappa shape index (κ3) is 4.07. The van der Waals surface area contributed by atoms with Crippen LogP contribution in [0, 0.1) is 0 Å². The van der Waals surface area contributed by atoms with Crippen LogP contribution < -0.4 is 5.32 Å². The molecule has 3 atom stereocenters. The summed E-state index contributed by atoms with van der Waals surface area (Å²) in [5.41, 5.74) is 1.24. The van der Waals surface area contributed by atoms with E-state index in [9.17, 15) is 0 Å². The smallest absolute Gasteiger partial charge is 0.0595 e. The number of thioether (sulfide) groups is 1. The third-order valence-corrected chi connectivity index (χ3v) is 6.07. The second kappa shape index (κ2) is 7.93. The van der Waals surface area contributed by atoms with Gasteiger partial charge in [-0.2, -0.15) is 11.8 Å². The largest absolute Gasteiger partial charge is 0.306 e. The number of nitrogens with one attached hydrogen (secondary N) is 1. The topological polar surface area (TPSA) is 12.0 Å². The maximum absolute atomic E-state index is 6.15. The lowest BCUT2D eigenvalue weighted by Crippen LogP contribution is -2.37. The zero-order chi connectivity index (χ0) is 14.5. The first-order valence-corrected chi connectivity index (χ1v) is 9.28. The van der Waals surface area contributed by atoms with E-state index < -0.39 is 0 Å². The van der Waals surface area contributed by atoms with Gasteiger partial charge in [-0.1, -0.05) is 49.5 Å². The Labute approximate surface area is 136 Å². The molecule has 3 unspecified atom stereocenters. The number of rotatable bonds is 6. The second-order valence-electron chi connectivity index (χ2n) is 5.33. The molecular formula is C16H23Cl2NS. The van der Waals surface area contributed by atoms with E-state index in [4.69, 9.17) is 23.2 Å². The van der Waals surface area contributed by atoms with Gasteiger partial charge in [0, 0.05) is 17.3 Å². The zero-order valence-corrected chi connectivity index (χ0v) is 14.5. The Bertz CT molecular complexity index is 438. The number of benzene rings is 1. The van der Waals surface area contributed by atoms with Crippen LogP contribution >= 0.6 is 35.0 Å². The zero-order valence-electron chi connectivity index (χ0n) is 12.2. The van der Waals surface area contributed by atoms with Crippen LogP contribution in [0.2, 0.25) is 10.0 Å². The van der Waals surface area contributed by atoms with Gasteiger partial charge in [-0.25, -0.2) is 0 Å². The lowest BCUT2D eigenvalue weighted by Gasteiger charge is -2.26. The van der Waals surface area contributed by atoms with Crippen LogP contribution in [-0.2, 0) is 0 Å². The molecule has 0 saturated heterocycles. The number of halogens is 2. The van der Waals surface area contributed by atoms with Crippen molar-refractivity contribution in [3.05, 3.63) is 33.8 Å². The fraction of sp³-hybridized carbons (Fsp3) is 0.625. The summed E-state index contributed by atoms with van der Waals surface area (Å²) in [6.45, 7) is 4.47. The fourth-order valence-electron chi connectivity index (χ4n) is 2.97. The van der Waals surface area contributed by atoms with E-state index in [1.54, 1.807) is 0 Å². The normalized spacial score (nSPS) is 24.0. The van der Waals surface area contributed by atoms with Crippen molar-refractivity contribution in [1.29, 1.82) is 0 Å². The highest BCUT2D eigenvalue weighted by molar-refractivity contribution is 7.99. The quantitative estimate of drug-likeness (QED) is 0.716. The standard InChI is InChI=1S/C16H23Cl2NS/c1-3-14(11-8-9-12(17)13(18)10-11)19-15-6-5-7-16(15)20-4-2/h8-10,14-16,19H,3-7H2,1-2H3. The monoisotopic (exact) mass is 331 g/mol. The van der Waals surface area contributed by atoms with Gasteiger partial charge in [0.2, 0.25) is 0 Å². The molecule has 0 heterocycles. The summed E-state index contributed by atoms with van der Waals surface area (Å²) in [5.74, 6) is 1.20. The Morgan fingerprint density at radius 2 is 2.05 bits per heavy atom. The van der Waals surface area contributed by atoms with Crippen LogP contribution in [0.3, 0.4) is 0 Å². The lowest BCUT2D eigenvalue weighted by atomic mass is 10.0. The van der Waals surface area contributed by atoms with Gasteiger partial charge in [-0.15, -0.1) is 0 Å². The summed E-state index contributed by atoms with van der Waals surface area (Å²) in [7, 11) is 0. The van der Waals surface area contributed by atoms with E-state index >= 15 is 0 Å². The van der Waals surface area contributed by atoms with Crippen LogP contribution in [0.25, 0.3) is 0 Å². The van der Waals surface area contributed by atoms with E-state index in [1.165, 1.54) is 30.6 Å². The first kappa shape index (κ1) is 16.5. The van der Waals surface area contributed by atoms with Gasteiger partial charge in [-0.05, 0) is 42.7 Å². The molecule has 0 bridgehead atoms. The molecule has 1 aliphatic carbocycles. The average molecular weight is 332 g/mol. The minimum atomic E-state index is 0.368. The summed E-state index contributed by atoms with van der Waals surface area (Å²) in [6.07, 6.45) is 5.04. The maximum atomic E-state index is 6.15. The minimum absolute atomic E-state index is 0.368. The van der Waals surface area contributed by atoms with Crippen LogP contribution in [0.15, 0.2) is 18.2 Å². The molecule has 1 saturated carbocycles. The van der Waals surface area contributed by atoms with E-state index in [0.717, 1.165) is 11.7 Å². The van der Waals surface area contributed by atoms with Gasteiger partial charge in [0.1, 0.15) is 0 Å². The van der Waals surface area contributed by atoms with Gasteiger partial charge in [-0.3, -0.25) is 0 Å². The molecule has 0 radical (unpaired) electrons. The Morgan fingerprint density at radius 3 is 2.70 bits per heavy atom. The Hall–Kier alpha value is 0.110. The van der Waals surface area contributed by atoms with Gasteiger partial charge in [0.05, 0.1) is 10.0 Å². The molecule has 1 aliphatic rings. The molecule has 0 spiro atoms. The summed E-state index contributed by atoms with van der Waals surface area (Å²) < 4.78 is 0. The van der Waals surface area contributed by atoms with Crippen molar-refractivity contribution in [1.82, 2.24) is 5.32 Å². The molecule has 1 nitrogen and oxygen atoms in total. The predicted molar refractivity (Wildman–Crippen MR) is 92.2 cm³/mol. The lowest BCUT2D eigenvalue weighted by molar-refractivity contribution is 0.435. The fourth-order valence-corrected chi connectivity index (χ4v) is 4.48. The van der Waals surface area contributed by atoms with E-state index in [0.29, 0.717) is 22.1 Å². The summed E-state index contributed by atoms with van der Waals surface area (Å²) >= 11 is 14.2. The maximum Gasteiger partial charge on any atom is 0.0595 e. The predicted octanol–water partition coefficient (Wildman–Crippen LogP) is 5.71. The van der Waals surface area contributed by atoms with Crippen LogP contribution in [0.5, 0.6) is 0 Å².